The van der Waals surface area contributed by atoms with Crippen LogP contribution in [0.4, 0.5) is 26.4 Å². The minimum Gasteiger partial charge on any atom is -0.496 e. The maximum absolute atomic E-state index is 14.5. The van der Waals surface area contributed by atoms with Crippen molar-refractivity contribution in [1.29, 1.82) is 0 Å². The lowest BCUT2D eigenvalue weighted by Crippen LogP contribution is -2.09. The lowest BCUT2D eigenvalue weighted by atomic mass is 9.92. The van der Waals surface area contributed by atoms with Gasteiger partial charge in [0, 0.05) is 30.8 Å². The number of hydrogen-bond donors (Lipinski definition) is 2. The summed E-state index contributed by atoms with van der Waals surface area (Å²) in [6, 6.07) is 4.25. The summed E-state index contributed by atoms with van der Waals surface area (Å²) in [7, 11) is 3.35. The van der Waals surface area contributed by atoms with E-state index < -0.39 is 17.6 Å². The Morgan fingerprint density at radius 1 is 1.20 bits per heavy atom. The number of nitrogens with zero attached hydrogens (tertiary/aromatic N) is 5. The number of ether oxygens (including phenoxy) is 1. The van der Waals surface area contributed by atoms with E-state index in [2.05, 4.69) is 25.3 Å². The third-order valence-electron chi connectivity index (χ3n) is 4.73. The molecule has 1 atom stereocenters. The molecule has 0 aliphatic heterocycles. The molecule has 0 bridgehead atoms. The molecule has 8 nitrogen and oxygen atoms in total. The highest BCUT2D eigenvalue weighted by atomic mass is 19.1. The molecule has 1 aromatic carbocycles. The van der Waals surface area contributed by atoms with Crippen molar-refractivity contribution in [3.8, 4) is 5.75 Å². The van der Waals surface area contributed by atoms with Crippen molar-refractivity contribution in [1.82, 2.24) is 24.5 Å². The van der Waals surface area contributed by atoms with Crippen molar-refractivity contribution in [2.45, 2.75) is 12.8 Å². The zero-order chi connectivity index (χ0) is 21.4. The van der Waals surface area contributed by atoms with E-state index in [-0.39, 0.29) is 11.6 Å². The van der Waals surface area contributed by atoms with Gasteiger partial charge in [0.2, 0.25) is 5.95 Å². The van der Waals surface area contributed by atoms with Gasteiger partial charge >= 0.3 is 0 Å². The first kappa shape index (κ1) is 19.5. The van der Waals surface area contributed by atoms with Crippen molar-refractivity contribution < 1.29 is 13.5 Å². The van der Waals surface area contributed by atoms with Gasteiger partial charge in [0.05, 0.1) is 36.2 Å². The van der Waals surface area contributed by atoms with Crippen molar-refractivity contribution in [2.75, 3.05) is 18.2 Å². The van der Waals surface area contributed by atoms with Gasteiger partial charge in [0.1, 0.15) is 29.0 Å². The first-order valence-corrected chi connectivity index (χ1v) is 9.07. The third-order valence-corrected chi connectivity index (χ3v) is 4.73. The van der Waals surface area contributed by atoms with Crippen LogP contribution in [-0.4, -0.2) is 31.6 Å². The number of pyridine rings is 1. The standard InChI is InChI=1S/C20H19F2N7O/c1-10(18-12(22)6-11(21)7-24-18)16-14(30-3)5-4-13-17(16)19(28-20(23)26-13)27-15-8-29(2)9-25-15/h4-10H,1-3H3,(H3,23,26,27,28)/t10-/m1/s1. The van der Waals surface area contributed by atoms with Gasteiger partial charge in [-0.3, -0.25) is 4.98 Å². The highest BCUT2D eigenvalue weighted by Crippen LogP contribution is 2.40. The number of aryl methyl sites for hydroxylation is 1. The number of nitrogen functional groups attached to an aromatic ring is 1. The fourth-order valence-electron chi connectivity index (χ4n) is 3.43. The predicted octanol–water partition coefficient (Wildman–Crippen LogP) is 3.52. The van der Waals surface area contributed by atoms with Gasteiger partial charge in [-0.1, -0.05) is 6.92 Å². The van der Waals surface area contributed by atoms with Gasteiger partial charge in [-0.05, 0) is 12.1 Å². The van der Waals surface area contributed by atoms with Crippen LogP contribution >= 0.6 is 0 Å². The van der Waals surface area contributed by atoms with E-state index in [1.165, 1.54) is 7.11 Å². The number of hydrogen-bond acceptors (Lipinski definition) is 7. The van der Waals surface area contributed by atoms with Crippen LogP contribution in [0.25, 0.3) is 10.9 Å². The number of rotatable bonds is 5. The minimum absolute atomic E-state index is 0.0655. The van der Waals surface area contributed by atoms with Crippen LogP contribution in [-0.2, 0) is 7.05 Å². The second kappa shape index (κ2) is 7.54. The number of nitrogens with one attached hydrogen (secondary N) is 1. The molecule has 3 aromatic heterocycles. The summed E-state index contributed by atoms with van der Waals surface area (Å²) < 4.78 is 35.2. The van der Waals surface area contributed by atoms with Crippen molar-refractivity contribution in [3.05, 3.63) is 59.8 Å². The molecule has 4 aromatic rings. The summed E-state index contributed by atoms with van der Waals surface area (Å²) in [5.74, 6) is -0.613. The molecule has 10 heteroatoms. The van der Waals surface area contributed by atoms with Gasteiger partial charge in [0.15, 0.2) is 0 Å². The van der Waals surface area contributed by atoms with Crippen molar-refractivity contribution >= 4 is 28.5 Å². The fraction of sp³-hybridized carbons (Fsp3) is 0.200. The monoisotopic (exact) mass is 411 g/mol. The van der Waals surface area contributed by atoms with Gasteiger partial charge in [-0.25, -0.2) is 18.7 Å². The molecule has 0 saturated carbocycles. The molecule has 0 aliphatic rings. The van der Waals surface area contributed by atoms with E-state index in [9.17, 15) is 8.78 Å². The number of fused-ring (bicyclic) bond motifs is 1. The molecular formula is C20H19F2N7O. The predicted molar refractivity (Wildman–Crippen MR) is 109 cm³/mol. The van der Waals surface area contributed by atoms with E-state index in [1.54, 1.807) is 36.1 Å². The van der Waals surface area contributed by atoms with E-state index in [0.29, 0.717) is 33.9 Å². The Hall–Kier alpha value is -3.82. The van der Waals surface area contributed by atoms with Crippen LogP contribution in [0.15, 0.2) is 36.9 Å². The zero-order valence-electron chi connectivity index (χ0n) is 16.5. The highest BCUT2D eigenvalue weighted by molar-refractivity contribution is 5.96. The summed E-state index contributed by atoms with van der Waals surface area (Å²) in [6.45, 7) is 1.75. The number of nitrogens with two attached hydrogens (primary N) is 1. The number of halogens is 2. The van der Waals surface area contributed by atoms with Crippen LogP contribution in [0, 0.1) is 11.6 Å². The number of imidazole rings is 1. The Morgan fingerprint density at radius 2 is 2.00 bits per heavy atom. The summed E-state index contributed by atoms with van der Waals surface area (Å²) in [5.41, 5.74) is 7.09. The van der Waals surface area contributed by atoms with Crippen LogP contribution in [0.1, 0.15) is 24.1 Å². The molecule has 0 aliphatic carbocycles. The SMILES string of the molecule is COc1ccc2nc(N)nc(Nc3cn(C)cn3)c2c1[C@@H](C)c1ncc(F)cc1F. The number of benzene rings is 1. The summed E-state index contributed by atoms with van der Waals surface area (Å²) in [5, 5.41) is 3.71. The first-order chi connectivity index (χ1) is 14.4. The van der Waals surface area contributed by atoms with E-state index in [1.807, 2.05) is 7.05 Å². The van der Waals surface area contributed by atoms with Crippen LogP contribution in [0.2, 0.25) is 0 Å². The second-order valence-electron chi connectivity index (χ2n) is 6.80. The Labute approximate surface area is 170 Å². The molecule has 0 fully saturated rings. The van der Waals surface area contributed by atoms with E-state index in [0.717, 1.165) is 12.3 Å². The van der Waals surface area contributed by atoms with Gasteiger partial charge in [-0.15, -0.1) is 0 Å². The minimum atomic E-state index is -0.753. The van der Waals surface area contributed by atoms with Gasteiger partial charge in [0.25, 0.3) is 0 Å². The van der Waals surface area contributed by atoms with Gasteiger partial charge in [-0.2, -0.15) is 4.98 Å². The number of anilines is 3. The highest BCUT2D eigenvalue weighted by Gasteiger charge is 2.25. The van der Waals surface area contributed by atoms with Crippen LogP contribution in [0.3, 0.4) is 0 Å². The normalized spacial score (nSPS) is 12.2. The molecule has 0 radical (unpaired) electrons. The largest absolute Gasteiger partial charge is 0.496 e. The fourth-order valence-corrected chi connectivity index (χ4v) is 3.43. The average Bonchev–Trinajstić information content (AvgIpc) is 3.11. The molecule has 0 spiro atoms. The average molecular weight is 411 g/mol. The molecule has 4 rings (SSSR count). The van der Waals surface area contributed by atoms with Gasteiger partial charge < -0.3 is 20.4 Å². The Morgan fingerprint density at radius 3 is 2.67 bits per heavy atom. The van der Waals surface area contributed by atoms with E-state index in [4.69, 9.17) is 10.5 Å². The summed E-state index contributed by atoms with van der Waals surface area (Å²) in [4.78, 5) is 16.9. The number of aromatic nitrogens is 5. The Balaban J connectivity index is 1.96. The topological polar surface area (TPSA) is 104 Å². The molecule has 3 N–H and O–H groups in total. The third kappa shape index (κ3) is 3.47. The number of methoxy groups -OCH3 is 1. The summed E-state index contributed by atoms with van der Waals surface area (Å²) in [6.07, 6.45) is 4.39. The quantitative estimate of drug-likeness (QED) is 0.518. The zero-order valence-corrected chi connectivity index (χ0v) is 16.5. The van der Waals surface area contributed by atoms with Crippen LogP contribution in [0.5, 0.6) is 5.75 Å². The maximum Gasteiger partial charge on any atom is 0.222 e. The lowest BCUT2D eigenvalue weighted by Gasteiger charge is -2.20. The molecule has 30 heavy (non-hydrogen) atoms. The maximum atomic E-state index is 14.5. The Kier molecular flexibility index (Phi) is 4.90. The summed E-state index contributed by atoms with van der Waals surface area (Å²) >= 11 is 0. The second-order valence-corrected chi connectivity index (χ2v) is 6.80. The van der Waals surface area contributed by atoms with E-state index >= 15 is 0 Å². The smallest absolute Gasteiger partial charge is 0.222 e. The molecular weight excluding hydrogens is 392 g/mol. The Bertz CT molecular complexity index is 1240. The lowest BCUT2D eigenvalue weighted by molar-refractivity contribution is 0.408. The molecule has 3 heterocycles. The van der Waals surface area contributed by atoms with Crippen molar-refractivity contribution in [2.24, 2.45) is 7.05 Å². The first-order valence-electron chi connectivity index (χ1n) is 9.07. The molecule has 154 valence electrons. The molecule has 0 amide bonds. The molecule has 0 saturated heterocycles. The molecule has 0 unspecified atom stereocenters. The van der Waals surface area contributed by atoms with Crippen molar-refractivity contribution in [3.63, 3.8) is 0 Å². The van der Waals surface area contributed by atoms with Crippen LogP contribution < -0.4 is 15.8 Å².